The van der Waals surface area contributed by atoms with E-state index in [1.165, 1.54) is 16.2 Å². The standard InChI is InChI=1S/C20H19Cl2N3O3S/c1-19(2,3)13-14(21)23-18(29-13)24-17(28)20(22)8-10(9-20)25-15(26)11-6-4-5-7-12(11)16(25)27/h4-7,10H,8-9H2,1-3H3,(H,23,24,28). The number of imide groups is 1. The fourth-order valence-corrected chi connectivity index (χ4v) is 5.47. The Morgan fingerprint density at radius 2 is 1.76 bits per heavy atom. The number of fused-ring (bicyclic) bond motifs is 1. The summed E-state index contributed by atoms with van der Waals surface area (Å²) in [5.41, 5.74) is 0.589. The number of nitrogens with one attached hydrogen (secondary N) is 1. The third kappa shape index (κ3) is 3.35. The Hall–Kier alpha value is -1.96. The van der Waals surface area contributed by atoms with E-state index in [-0.39, 0.29) is 30.1 Å². The summed E-state index contributed by atoms with van der Waals surface area (Å²) in [4.78, 5) is 43.0. The Kier molecular flexibility index (Phi) is 4.76. The number of hydrogen-bond acceptors (Lipinski definition) is 5. The summed E-state index contributed by atoms with van der Waals surface area (Å²) < 4.78 is 0. The van der Waals surface area contributed by atoms with Crippen LogP contribution in [0, 0.1) is 0 Å². The van der Waals surface area contributed by atoms with E-state index >= 15 is 0 Å². The molecule has 9 heteroatoms. The molecule has 29 heavy (non-hydrogen) atoms. The zero-order chi connectivity index (χ0) is 21.1. The van der Waals surface area contributed by atoms with Crippen molar-refractivity contribution in [3.05, 3.63) is 45.4 Å². The number of aromatic nitrogens is 1. The number of rotatable bonds is 3. The lowest BCUT2D eigenvalue weighted by atomic mass is 9.77. The molecule has 1 saturated carbocycles. The number of alkyl halides is 1. The minimum absolute atomic E-state index is 0.191. The fourth-order valence-electron chi connectivity index (χ4n) is 3.62. The first-order chi connectivity index (χ1) is 13.5. The predicted octanol–water partition coefficient (Wildman–Crippen LogP) is 4.47. The lowest BCUT2D eigenvalue weighted by molar-refractivity contribution is -0.122. The van der Waals surface area contributed by atoms with Gasteiger partial charge >= 0.3 is 0 Å². The van der Waals surface area contributed by atoms with Crippen molar-refractivity contribution in [1.29, 1.82) is 0 Å². The molecule has 1 aromatic heterocycles. The highest BCUT2D eigenvalue weighted by Gasteiger charge is 2.55. The van der Waals surface area contributed by atoms with Crippen LogP contribution in [0.25, 0.3) is 0 Å². The van der Waals surface area contributed by atoms with E-state index in [1.54, 1.807) is 24.3 Å². The van der Waals surface area contributed by atoms with Gasteiger partial charge in [-0.2, -0.15) is 0 Å². The molecule has 4 rings (SSSR count). The van der Waals surface area contributed by atoms with E-state index in [0.717, 1.165) is 4.88 Å². The maximum atomic E-state index is 12.7. The van der Waals surface area contributed by atoms with Crippen LogP contribution in [0.3, 0.4) is 0 Å². The Bertz CT molecular complexity index is 1000. The van der Waals surface area contributed by atoms with Crippen molar-refractivity contribution >= 4 is 57.4 Å². The molecular weight excluding hydrogens is 433 g/mol. The quantitative estimate of drug-likeness (QED) is 0.551. The summed E-state index contributed by atoms with van der Waals surface area (Å²) in [5, 5.41) is 3.48. The number of carbonyl (C=O) groups is 3. The zero-order valence-electron chi connectivity index (χ0n) is 16.1. The van der Waals surface area contributed by atoms with Gasteiger partial charge in [-0.25, -0.2) is 4.98 Å². The molecular formula is C20H19Cl2N3O3S. The highest BCUT2D eigenvalue weighted by atomic mass is 35.5. The summed E-state index contributed by atoms with van der Waals surface area (Å²) in [7, 11) is 0. The van der Waals surface area contributed by atoms with Crippen LogP contribution in [0.5, 0.6) is 0 Å². The van der Waals surface area contributed by atoms with Gasteiger partial charge in [-0.15, -0.1) is 11.6 Å². The average molecular weight is 452 g/mol. The SMILES string of the molecule is CC(C)(C)c1sc(NC(=O)C2(Cl)CC(N3C(=O)c4ccccc4C3=O)C2)nc1Cl. The monoisotopic (exact) mass is 451 g/mol. The van der Waals surface area contributed by atoms with Gasteiger partial charge in [0.1, 0.15) is 10.0 Å². The number of benzene rings is 1. The van der Waals surface area contributed by atoms with Crippen LogP contribution in [0.4, 0.5) is 5.13 Å². The van der Waals surface area contributed by atoms with Crippen LogP contribution in [0.2, 0.25) is 5.15 Å². The number of carbonyl (C=O) groups excluding carboxylic acids is 3. The van der Waals surface area contributed by atoms with Gasteiger partial charge in [0.2, 0.25) is 5.91 Å². The third-order valence-corrected chi connectivity index (χ3v) is 7.47. The van der Waals surface area contributed by atoms with Gasteiger partial charge in [-0.3, -0.25) is 19.3 Å². The van der Waals surface area contributed by atoms with E-state index < -0.39 is 16.8 Å². The van der Waals surface area contributed by atoms with Crippen molar-refractivity contribution in [3.63, 3.8) is 0 Å². The second kappa shape index (κ2) is 6.79. The number of nitrogens with zero attached hydrogens (tertiary/aromatic N) is 2. The Balaban J connectivity index is 1.44. The van der Waals surface area contributed by atoms with Crippen LogP contribution < -0.4 is 5.32 Å². The van der Waals surface area contributed by atoms with Crippen LogP contribution in [0.1, 0.15) is 59.2 Å². The summed E-state index contributed by atoms with van der Waals surface area (Å²) in [5.74, 6) is -1.08. The molecule has 1 aromatic carbocycles. The Morgan fingerprint density at radius 3 is 2.24 bits per heavy atom. The second-order valence-corrected chi connectivity index (χ2v) is 10.5. The minimum atomic E-state index is -1.19. The Morgan fingerprint density at radius 1 is 1.21 bits per heavy atom. The molecule has 0 spiro atoms. The van der Waals surface area contributed by atoms with Gasteiger partial charge in [0.25, 0.3) is 11.8 Å². The van der Waals surface area contributed by atoms with Gasteiger partial charge in [-0.05, 0) is 30.4 Å². The third-order valence-electron chi connectivity index (χ3n) is 5.20. The maximum absolute atomic E-state index is 12.7. The minimum Gasteiger partial charge on any atom is -0.300 e. The molecule has 0 bridgehead atoms. The van der Waals surface area contributed by atoms with Crippen molar-refractivity contribution in [3.8, 4) is 0 Å². The van der Waals surface area contributed by atoms with E-state index in [1.807, 2.05) is 20.8 Å². The predicted molar refractivity (Wildman–Crippen MR) is 113 cm³/mol. The van der Waals surface area contributed by atoms with E-state index in [0.29, 0.717) is 21.4 Å². The molecule has 1 aliphatic heterocycles. The second-order valence-electron chi connectivity index (χ2n) is 8.40. The first-order valence-electron chi connectivity index (χ1n) is 9.15. The van der Waals surface area contributed by atoms with Gasteiger partial charge in [0, 0.05) is 6.04 Å². The molecule has 0 atom stereocenters. The van der Waals surface area contributed by atoms with Crippen molar-refractivity contribution in [1.82, 2.24) is 9.88 Å². The first kappa shape index (κ1) is 20.3. The number of thiazole rings is 1. The molecule has 2 aromatic rings. The highest BCUT2D eigenvalue weighted by molar-refractivity contribution is 7.16. The van der Waals surface area contributed by atoms with Crippen LogP contribution in [-0.2, 0) is 10.2 Å². The van der Waals surface area contributed by atoms with Crippen LogP contribution in [0.15, 0.2) is 24.3 Å². The van der Waals surface area contributed by atoms with Crippen molar-refractivity contribution in [2.75, 3.05) is 5.32 Å². The smallest absolute Gasteiger partial charge is 0.261 e. The number of halogens is 2. The fraction of sp³-hybridized carbons (Fsp3) is 0.400. The van der Waals surface area contributed by atoms with Crippen molar-refractivity contribution in [2.45, 2.75) is 49.9 Å². The highest BCUT2D eigenvalue weighted by Crippen LogP contribution is 2.45. The zero-order valence-corrected chi connectivity index (χ0v) is 18.4. The Labute approximate surface area is 182 Å². The molecule has 3 amide bonds. The van der Waals surface area contributed by atoms with E-state index in [2.05, 4.69) is 10.3 Å². The summed E-state index contributed by atoms with van der Waals surface area (Å²) in [6, 6.07) is 6.30. The number of anilines is 1. The summed E-state index contributed by atoms with van der Waals surface area (Å²) in [6.45, 7) is 6.04. The number of hydrogen-bond donors (Lipinski definition) is 1. The normalized spacial score (nSPS) is 23.8. The van der Waals surface area contributed by atoms with E-state index in [4.69, 9.17) is 23.2 Å². The molecule has 1 fully saturated rings. The van der Waals surface area contributed by atoms with Crippen LogP contribution in [-0.4, -0.2) is 38.5 Å². The molecule has 2 heterocycles. The molecule has 0 radical (unpaired) electrons. The molecule has 0 unspecified atom stereocenters. The van der Waals surface area contributed by atoms with Crippen molar-refractivity contribution < 1.29 is 14.4 Å². The molecule has 6 nitrogen and oxygen atoms in total. The van der Waals surface area contributed by atoms with Gasteiger partial charge in [0.05, 0.1) is 16.0 Å². The lowest BCUT2D eigenvalue weighted by Gasteiger charge is -2.44. The molecule has 152 valence electrons. The maximum Gasteiger partial charge on any atom is 0.261 e. The summed E-state index contributed by atoms with van der Waals surface area (Å²) in [6.07, 6.45) is 0.383. The molecule has 0 saturated heterocycles. The summed E-state index contributed by atoms with van der Waals surface area (Å²) >= 11 is 14.0. The van der Waals surface area contributed by atoms with Crippen molar-refractivity contribution in [2.24, 2.45) is 0 Å². The molecule has 1 aliphatic carbocycles. The molecule has 2 aliphatic rings. The lowest BCUT2D eigenvalue weighted by Crippen LogP contribution is -2.58. The first-order valence-corrected chi connectivity index (χ1v) is 10.7. The molecule has 1 N–H and O–H groups in total. The largest absolute Gasteiger partial charge is 0.300 e. The van der Waals surface area contributed by atoms with Gasteiger partial charge in [-0.1, -0.05) is 55.8 Å². The topological polar surface area (TPSA) is 79.4 Å². The van der Waals surface area contributed by atoms with Crippen LogP contribution >= 0.6 is 34.5 Å². The number of amides is 3. The average Bonchev–Trinajstić information content (AvgIpc) is 3.11. The van der Waals surface area contributed by atoms with Gasteiger partial charge < -0.3 is 5.32 Å². The van der Waals surface area contributed by atoms with E-state index in [9.17, 15) is 14.4 Å². The van der Waals surface area contributed by atoms with Gasteiger partial charge in [0.15, 0.2) is 5.13 Å².